The standard InChI is InChI=1S/C4H4N3O2S/c5-10(8,9)4-1-6-3-7-2-4/h1-2H,(H2,5,8,9)/q+1. The van der Waals surface area contributed by atoms with Gasteiger partial charge in [0.1, 0.15) is 0 Å². The minimum Gasteiger partial charge on any atom is -0.222 e. The summed E-state index contributed by atoms with van der Waals surface area (Å²) in [6.45, 7) is 0. The van der Waals surface area contributed by atoms with Crippen molar-refractivity contribution < 1.29 is 8.42 Å². The van der Waals surface area contributed by atoms with Gasteiger partial charge in [0.2, 0.25) is 4.91 Å². The lowest BCUT2D eigenvalue weighted by molar-refractivity contribution is 0.605. The Morgan fingerprint density at radius 2 is 2.30 bits per heavy atom. The van der Waals surface area contributed by atoms with Gasteiger partial charge in [-0.15, -0.1) is 0 Å². The van der Waals surface area contributed by atoms with E-state index in [0.717, 1.165) is 12.4 Å². The average Bonchev–Trinajstić information content (AvgIpc) is 1.88. The topological polar surface area (TPSA) is 84.9 Å². The molecule has 0 unspecified atom stereocenters. The second-order valence-electron chi connectivity index (χ2n) is 1.56. The first-order chi connectivity index (χ1) is 4.61. The Labute approximate surface area is 58.0 Å². The maximum absolute atomic E-state index is 10.5. The van der Waals surface area contributed by atoms with Gasteiger partial charge in [0.25, 0.3) is 16.4 Å². The molecule has 0 spiro atoms. The van der Waals surface area contributed by atoms with Gasteiger partial charge in [-0.2, -0.15) is 0 Å². The minimum atomic E-state index is -3.65. The van der Waals surface area contributed by atoms with Crippen molar-refractivity contribution in [3.8, 4) is 0 Å². The molecular weight excluding hydrogens is 154 g/mol. The third kappa shape index (κ3) is 1.44. The van der Waals surface area contributed by atoms with Crippen LogP contribution in [0.4, 0.5) is 0 Å². The normalized spacial score (nSPS) is 16.3. The van der Waals surface area contributed by atoms with Crippen LogP contribution >= 0.6 is 0 Å². The fourth-order valence-electron chi connectivity index (χ4n) is 0.399. The second-order valence-corrected chi connectivity index (χ2v) is 3.13. The third-order valence-electron chi connectivity index (χ3n) is 0.828. The van der Waals surface area contributed by atoms with E-state index in [1.807, 2.05) is 0 Å². The first-order valence-corrected chi connectivity index (χ1v) is 3.86. The molecule has 0 aromatic heterocycles. The lowest BCUT2D eigenvalue weighted by atomic mass is 10.6. The third-order valence-corrected chi connectivity index (χ3v) is 1.70. The van der Waals surface area contributed by atoms with Crippen LogP contribution in [-0.2, 0) is 10.0 Å². The van der Waals surface area contributed by atoms with E-state index in [0.29, 0.717) is 0 Å². The van der Waals surface area contributed by atoms with E-state index >= 15 is 0 Å². The van der Waals surface area contributed by atoms with Crippen LogP contribution in [0.25, 0.3) is 0 Å². The van der Waals surface area contributed by atoms with Crippen molar-refractivity contribution in [1.29, 1.82) is 0 Å². The summed E-state index contributed by atoms with van der Waals surface area (Å²) in [5.74, 6) is 0. The quantitative estimate of drug-likeness (QED) is 0.502. The fraction of sp³-hybridized carbons (Fsp3) is 0. The number of allylic oxidation sites excluding steroid dienone is 1. The summed E-state index contributed by atoms with van der Waals surface area (Å²) in [6, 6.07) is 0. The highest BCUT2D eigenvalue weighted by molar-refractivity contribution is 7.93. The molecule has 10 heavy (non-hydrogen) atoms. The SMILES string of the molecule is NS(=O)(=O)C1=CN=[C+]N=C1. The molecule has 52 valence electrons. The molecule has 0 bridgehead atoms. The van der Waals surface area contributed by atoms with E-state index in [9.17, 15) is 8.42 Å². The number of aliphatic imine (C=N–C) groups is 2. The fourth-order valence-corrected chi connectivity index (χ4v) is 0.798. The van der Waals surface area contributed by atoms with E-state index in [1.54, 1.807) is 0 Å². The van der Waals surface area contributed by atoms with Gasteiger partial charge >= 0.3 is 0 Å². The van der Waals surface area contributed by atoms with Crippen LogP contribution in [0, 0.1) is 0 Å². The Kier molecular flexibility index (Phi) is 1.58. The molecule has 0 aromatic rings. The Balaban J connectivity index is 3.08. The van der Waals surface area contributed by atoms with Gasteiger partial charge < -0.3 is 0 Å². The number of hydrogen-bond acceptors (Lipinski definition) is 4. The Morgan fingerprint density at radius 1 is 1.60 bits per heavy atom. The molecule has 1 aliphatic heterocycles. The highest BCUT2D eigenvalue weighted by atomic mass is 32.2. The van der Waals surface area contributed by atoms with E-state index in [1.165, 1.54) is 0 Å². The molecule has 2 N–H and O–H groups in total. The molecule has 0 fully saturated rings. The van der Waals surface area contributed by atoms with Crippen LogP contribution in [0.15, 0.2) is 21.1 Å². The van der Waals surface area contributed by atoms with Crippen molar-refractivity contribution in [2.75, 3.05) is 0 Å². The molecule has 0 saturated carbocycles. The number of rotatable bonds is 1. The second kappa shape index (κ2) is 2.26. The lowest BCUT2D eigenvalue weighted by Crippen LogP contribution is -2.16. The van der Waals surface area contributed by atoms with Crippen LogP contribution in [0.3, 0.4) is 0 Å². The van der Waals surface area contributed by atoms with Gasteiger partial charge in [-0.1, -0.05) is 9.98 Å². The van der Waals surface area contributed by atoms with Crippen molar-refractivity contribution >= 4 is 22.6 Å². The number of nitrogens with two attached hydrogens (primary N) is 1. The predicted octanol–water partition coefficient (Wildman–Crippen LogP) is -0.894. The van der Waals surface area contributed by atoms with Crippen molar-refractivity contribution in [2.45, 2.75) is 0 Å². The predicted molar refractivity (Wildman–Crippen MR) is 37.1 cm³/mol. The van der Waals surface area contributed by atoms with Crippen molar-refractivity contribution in [3.63, 3.8) is 0 Å². The maximum Gasteiger partial charge on any atom is 0.278 e. The van der Waals surface area contributed by atoms with Crippen molar-refractivity contribution in [2.24, 2.45) is 15.1 Å². The molecule has 5 nitrogen and oxygen atoms in total. The molecule has 0 aromatic carbocycles. The van der Waals surface area contributed by atoms with Crippen LogP contribution in [0.2, 0.25) is 0 Å². The number of primary sulfonamides is 1. The Bertz CT molecular complexity index is 311. The van der Waals surface area contributed by atoms with Gasteiger partial charge in [0.05, 0.1) is 0 Å². The molecule has 0 atom stereocenters. The summed E-state index contributed by atoms with van der Waals surface area (Å²) in [6.07, 6.45) is 4.36. The van der Waals surface area contributed by atoms with Crippen LogP contribution in [0.5, 0.6) is 0 Å². The molecule has 6 heteroatoms. The number of hydrogen-bond donors (Lipinski definition) is 1. The maximum atomic E-state index is 10.5. The summed E-state index contributed by atoms with van der Waals surface area (Å²) in [7, 11) is -3.65. The van der Waals surface area contributed by atoms with Gasteiger partial charge in [-0.25, -0.2) is 13.6 Å². The molecule has 0 aliphatic carbocycles. The largest absolute Gasteiger partial charge is 0.278 e. The zero-order valence-corrected chi connectivity index (χ0v) is 5.67. The van der Waals surface area contributed by atoms with Crippen molar-refractivity contribution in [3.05, 3.63) is 11.1 Å². The van der Waals surface area contributed by atoms with Gasteiger partial charge in [-0.3, -0.25) is 0 Å². The van der Waals surface area contributed by atoms with Crippen LogP contribution < -0.4 is 5.14 Å². The minimum absolute atomic E-state index is 0.105. The lowest BCUT2D eigenvalue weighted by Gasteiger charge is -1.87. The highest BCUT2D eigenvalue weighted by Gasteiger charge is 2.17. The van der Waals surface area contributed by atoms with Crippen LogP contribution in [0.1, 0.15) is 0 Å². The summed E-state index contributed by atoms with van der Waals surface area (Å²) in [5, 5.41) is 4.74. The molecule has 0 amide bonds. The molecule has 0 saturated heterocycles. The van der Waals surface area contributed by atoms with E-state index in [2.05, 4.69) is 16.3 Å². The van der Waals surface area contributed by atoms with Crippen LogP contribution in [-0.4, -0.2) is 21.0 Å². The first kappa shape index (κ1) is 7.01. The number of sulfonamides is 1. The average molecular weight is 158 g/mol. The molecule has 0 radical (unpaired) electrons. The van der Waals surface area contributed by atoms with Gasteiger partial charge in [0.15, 0.2) is 12.4 Å². The Morgan fingerprint density at radius 3 is 2.60 bits per heavy atom. The van der Waals surface area contributed by atoms with Gasteiger partial charge in [-0.05, 0) is 0 Å². The van der Waals surface area contributed by atoms with E-state index in [4.69, 9.17) is 5.14 Å². The summed E-state index contributed by atoms with van der Waals surface area (Å²) in [4.78, 5) is 6.61. The summed E-state index contributed by atoms with van der Waals surface area (Å²) < 4.78 is 21.0. The van der Waals surface area contributed by atoms with Gasteiger partial charge in [0, 0.05) is 0 Å². The zero-order valence-electron chi connectivity index (χ0n) is 4.85. The Hall–Kier alpha value is -1.10. The molecule has 1 aliphatic rings. The number of nitrogens with zero attached hydrogens (tertiary/aromatic N) is 2. The summed E-state index contributed by atoms with van der Waals surface area (Å²) in [5.41, 5.74) is 0. The molecule has 1 rings (SSSR count). The molecular formula is C4H4N3O2S+. The smallest absolute Gasteiger partial charge is 0.222 e. The zero-order chi connectivity index (χ0) is 7.61. The first-order valence-electron chi connectivity index (χ1n) is 2.31. The van der Waals surface area contributed by atoms with E-state index < -0.39 is 10.0 Å². The summed E-state index contributed by atoms with van der Waals surface area (Å²) >= 11 is 0. The monoisotopic (exact) mass is 158 g/mol. The molecule has 1 heterocycles. The highest BCUT2D eigenvalue weighted by Crippen LogP contribution is 2.00. The van der Waals surface area contributed by atoms with Crippen molar-refractivity contribution in [1.82, 2.24) is 0 Å². The van der Waals surface area contributed by atoms with E-state index in [-0.39, 0.29) is 4.91 Å².